The van der Waals surface area contributed by atoms with Crippen LogP contribution in [-0.2, 0) is 11.3 Å². The van der Waals surface area contributed by atoms with Gasteiger partial charge in [0.1, 0.15) is 5.70 Å². The van der Waals surface area contributed by atoms with Crippen molar-refractivity contribution in [2.24, 2.45) is 0 Å². The Balaban J connectivity index is 1.71. The summed E-state index contributed by atoms with van der Waals surface area (Å²) in [6.07, 6.45) is 7.66. The molecule has 2 aromatic carbocycles. The monoisotopic (exact) mass is 486 g/mol. The van der Waals surface area contributed by atoms with Crippen LogP contribution in [0.1, 0.15) is 22.3 Å². The van der Waals surface area contributed by atoms with E-state index in [-0.39, 0.29) is 11.6 Å². The lowest BCUT2D eigenvalue weighted by Crippen LogP contribution is -2.35. The van der Waals surface area contributed by atoms with Crippen LogP contribution >= 0.6 is 27.5 Å². The first-order chi connectivity index (χ1) is 14.5. The number of imidazole rings is 1. The number of rotatable bonds is 8. The quantitative estimate of drug-likeness (QED) is 0.368. The number of aromatic nitrogens is 2. The Morgan fingerprint density at radius 2 is 1.90 bits per heavy atom. The summed E-state index contributed by atoms with van der Waals surface area (Å²) >= 11 is 9.50. The van der Waals surface area contributed by atoms with Gasteiger partial charge in [-0.25, -0.2) is 4.98 Å². The van der Waals surface area contributed by atoms with Crippen molar-refractivity contribution in [3.63, 3.8) is 0 Å². The van der Waals surface area contributed by atoms with Gasteiger partial charge in [-0.15, -0.1) is 0 Å². The minimum absolute atomic E-state index is 0.143. The van der Waals surface area contributed by atoms with E-state index in [1.54, 1.807) is 42.9 Å². The first-order valence-electron chi connectivity index (χ1n) is 9.30. The van der Waals surface area contributed by atoms with Crippen molar-refractivity contribution in [2.45, 2.75) is 13.0 Å². The zero-order valence-corrected chi connectivity index (χ0v) is 18.4. The number of hydrogen-bond donors (Lipinski definition) is 2. The Morgan fingerprint density at radius 3 is 2.60 bits per heavy atom. The van der Waals surface area contributed by atoms with Crippen molar-refractivity contribution in [1.82, 2.24) is 20.2 Å². The molecule has 2 amide bonds. The summed E-state index contributed by atoms with van der Waals surface area (Å²) in [5, 5.41) is 5.86. The predicted octanol–water partition coefficient (Wildman–Crippen LogP) is 4.28. The third-order valence-corrected chi connectivity index (χ3v) is 5.09. The maximum absolute atomic E-state index is 12.8. The first-order valence-corrected chi connectivity index (χ1v) is 10.5. The van der Waals surface area contributed by atoms with Crippen molar-refractivity contribution >= 4 is 45.4 Å². The Morgan fingerprint density at radius 1 is 1.13 bits per heavy atom. The Kier molecular flexibility index (Phi) is 7.82. The molecule has 0 aliphatic rings. The average molecular weight is 488 g/mol. The molecule has 2 N–H and O–H groups in total. The highest BCUT2D eigenvalue weighted by Gasteiger charge is 2.16. The number of halogens is 2. The van der Waals surface area contributed by atoms with Crippen molar-refractivity contribution in [1.29, 1.82) is 0 Å². The zero-order valence-electron chi connectivity index (χ0n) is 16.0. The number of carbonyl (C=O) groups is 2. The second-order valence-electron chi connectivity index (χ2n) is 6.45. The Labute approximate surface area is 188 Å². The van der Waals surface area contributed by atoms with E-state index in [4.69, 9.17) is 11.6 Å². The molecule has 3 rings (SSSR count). The van der Waals surface area contributed by atoms with E-state index in [9.17, 15) is 9.59 Å². The molecule has 154 valence electrons. The number of benzene rings is 2. The molecular weight excluding hydrogens is 468 g/mol. The molecule has 8 heteroatoms. The lowest BCUT2D eigenvalue weighted by atomic mass is 10.1. The number of aryl methyl sites for hydroxylation is 1. The number of nitrogens with one attached hydrogen (secondary N) is 2. The molecule has 0 aliphatic carbocycles. The summed E-state index contributed by atoms with van der Waals surface area (Å²) in [5.74, 6) is -0.818. The second kappa shape index (κ2) is 10.8. The molecule has 0 saturated carbocycles. The van der Waals surface area contributed by atoms with Gasteiger partial charge in [0.25, 0.3) is 11.8 Å². The van der Waals surface area contributed by atoms with Crippen molar-refractivity contribution < 1.29 is 9.59 Å². The lowest BCUT2D eigenvalue weighted by molar-refractivity contribution is -0.117. The molecule has 0 aliphatic heterocycles. The van der Waals surface area contributed by atoms with Crippen molar-refractivity contribution in [3.8, 4) is 0 Å². The highest BCUT2D eigenvalue weighted by Crippen LogP contribution is 2.16. The van der Waals surface area contributed by atoms with Crippen molar-refractivity contribution in [2.75, 3.05) is 6.54 Å². The van der Waals surface area contributed by atoms with Crippen LogP contribution in [0.2, 0.25) is 5.02 Å². The third kappa shape index (κ3) is 6.30. The molecule has 1 aromatic heterocycles. The maximum Gasteiger partial charge on any atom is 0.267 e. The molecular formula is C22H20BrClN4O2. The first kappa shape index (κ1) is 21.8. The molecule has 0 atom stereocenters. The Hall–Kier alpha value is -2.90. The molecule has 6 nitrogen and oxygen atoms in total. The standard InChI is InChI=1S/C22H20BrClN4O2/c23-17-8-6-16(7-9-17)14-20(27-21(29)18-4-1-2-5-19(18)24)22(30)26-10-3-12-28-13-11-25-15-28/h1-2,4-9,11,13-15H,3,10,12H2,(H,26,30)(H,27,29). The highest BCUT2D eigenvalue weighted by atomic mass is 79.9. The number of amides is 2. The van der Waals surface area contributed by atoms with Gasteiger partial charge in [0.2, 0.25) is 0 Å². The number of carbonyl (C=O) groups excluding carboxylic acids is 2. The Bertz CT molecular complexity index is 1030. The smallest absolute Gasteiger partial charge is 0.267 e. The zero-order chi connectivity index (χ0) is 21.3. The molecule has 0 saturated heterocycles. The summed E-state index contributed by atoms with van der Waals surface area (Å²) in [7, 11) is 0. The van der Waals surface area contributed by atoms with Gasteiger partial charge in [-0.05, 0) is 42.3 Å². The van der Waals surface area contributed by atoms with Crippen LogP contribution in [0.4, 0.5) is 0 Å². The van der Waals surface area contributed by atoms with E-state index in [0.717, 1.165) is 23.0 Å². The van der Waals surface area contributed by atoms with Crippen molar-refractivity contribution in [3.05, 3.63) is 93.6 Å². The van der Waals surface area contributed by atoms with Gasteiger partial charge in [0.15, 0.2) is 0 Å². The van der Waals surface area contributed by atoms with E-state index in [2.05, 4.69) is 31.5 Å². The van der Waals surface area contributed by atoms with Crippen LogP contribution in [0.5, 0.6) is 0 Å². The molecule has 0 bridgehead atoms. The van der Waals surface area contributed by atoms with E-state index in [1.807, 2.05) is 35.0 Å². The van der Waals surface area contributed by atoms with Crippen LogP contribution in [-0.4, -0.2) is 27.9 Å². The summed E-state index contributed by atoms with van der Waals surface area (Å²) in [4.78, 5) is 29.4. The van der Waals surface area contributed by atoms with E-state index in [1.165, 1.54) is 0 Å². The minimum Gasteiger partial charge on any atom is -0.351 e. The fourth-order valence-electron chi connectivity index (χ4n) is 2.70. The fraction of sp³-hybridized carbons (Fsp3) is 0.136. The fourth-order valence-corrected chi connectivity index (χ4v) is 3.18. The van der Waals surface area contributed by atoms with Gasteiger partial charge in [-0.3, -0.25) is 9.59 Å². The van der Waals surface area contributed by atoms with Crippen LogP contribution in [0, 0.1) is 0 Å². The number of hydrogen-bond acceptors (Lipinski definition) is 3. The van der Waals surface area contributed by atoms with E-state index in [0.29, 0.717) is 17.1 Å². The summed E-state index contributed by atoms with van der Waals surface area (Å²) in [5.41, 5.74) is 1.22. The van der Waals surface area contributed by atoms with E-state index < -0.39 is 5.91 Å². The van der Waals surface area contributed by atoms with Crippen LogP contribution < -0.4 is 10.6 Å². The molecule has 0 spiro atoms. The van der Waals surface area contributed by atoms with Gasteiger partial charge >= 0.3 is 0 Å². The van der Waals surface area contributed by atoms with Gasteiger partial charge in [0.05, 0.1) is 16.9 Å². The molecule has 3 aromatic rings. The van der Waals surface area contributed by atoms with Gasteiger partial charge < -0.3 is 15.2 Å². The summed E-state index contributed by atoms with van der Waals surface area (Å²) in [6, 6.07) is 14.1. The molecule has 0 unspecified atom stereocenters. The van der Waals surface area contributed by atoms with Crippen LogP contribution in [0.15, 0.2) is 77.4 Å². The topological polar surface area (TPSA) is 76.0 Å². The van der Waals surface area contributed by atoms with E-state index >= 15 is 0 Å². The molecule has 30 heavy (non-hydrogen) atoms. The second-order valence-corrected chi connectivity index (χ2v) is 7.78. The number of nitrogens with zero attached hydrogens (tertiary/aromatic N) is 2. The van der Waals surface area contributed by atoms with Crippen LogP contribution in [0.3, 0.4) is 0 Å². The normalized spacial score (nSPS) is 11.2. The maximum atomic E-state index is 12.8. The highest BCUT2D eigenvalue weighted by molar-refractivity contribution is 9.10. The SMILES string of the molecule is O=C(NCCCn1ccnc1)C(=Cc1ccc(Br)cc1)NC(=O)c1ccccc1Cl. The van der Waals surface area contributed by atoms with Gasteiger partial charge in [0, 0.05) is 30.0 Å². The molecule has 1 heterocycles. The molecule has 0 fully saturated rings. The summed E-state index contributed by atoms with van der Waals surface area (Å²) < 4.78 is 2.86. The van der Waals surface area contributed by atoms with Crippen LogP contribution in [0.25, 0.3) is 6.08 Å². The lowest BCUT2D eigenvalue weighted by Gasteiger charge is -2.12. The minimum atomic E-state index is -0.447. The molecule has 0 radical (unpaired) electrons. The largest absolute Gasteiger partial charge is 0.351 e. The third-order valence-electron chi connectivity index (χ3n) is 4.23. The van der Waals surface area contributed by atoms with Gasteiger partial charge in [-0.1, -0.05) is 51.8 Å². The summed E-state index contributed by atoms with van der Waals surface area (Å²) in [6.45, 7) is 1.19. The predicted molar refractivity (Wildman–Crippen MR) is 121 cm³/mol. The van der Waals surface area contributed by atoms with Gasteiger partial charge in [-0.2, -0.15) is 0 Å². The average Bonchev–Trinajstić information content (AvgIpc) is 3.26.